The second-order valence-corrected chi connectivity index (χ2v) is 8.54. The third-order valence-corrected chi connectivity index (χ3v) is 5.65. The number of rotatable bonds is 7. The maximum absolute atomic E-state index is 13.4. The number of hydrogen-bond donors (Lipinski definition) is 3. The Kier molecular flexibility index (Phi) is 7.44. The normalized spacial score (nSPS) is 12.7. The Bertz CT molecular complexity index is 1110. The summed E-state index contributed by atoms with van der Waals surface area (Å²) in [5.74, 6) is -0.265. The number of benzene rings is 3. The van der Waals surface area contributed by atoms with Gasteiger partial charge >= 0.3 is 0 Å². The summed E-state index contributed by atoms with van der Waals surface area (Å²) in [4.78, 5) is 27.0. The Labute approximate surface area is 190 Å². The van der Waals surface area contributed by atoms with Crippen molar-refractivity contribution in [1.29, 1.82) is 0 Å². The van der Waals surface area contributed by atoms with Gasteiger partial charge < -0.3 is 15.5 Å². The highest BCUT2D eigenvalue weighted by atomic mass is 16.2. The first kappa shape index (κ1) is 23.2. The molecule has 5 heteroatoms. The summed E-state index contributed by atoms with van der Waals surface area (Å²) in [5, 5.41) is 6.08. The highest BCUT2D eigenvalue weighted by molar-refractivity contribution is 5.96. The van der Waals surface area contributed by atoms with E-state index in [9.17, 15) is 9.59 Å². The maximum atomic E-state index is 13.4. The Balaban J connectivity index is 1.80. The van der Waals surface area contributed by atoms with E-state index in [1.807, 2.05) is 101 Å². The topological polar surface area (TPSA) is 62.6 Å². The predicted octanol–water partition coefficient (Wildman–Crippen LogP) is 3.75. The predicted molar refractivity (Wildman–Crippen MR) is 130 cm³/mol. The van der Waals surface area contributed by atoms with Crippen molar-refractivity contribution in [1.82, 2.24) is 0 Å². The molecule has 0 spiro atoms. The molecule has 5 nitrogen and oxygen atoms in total. The molecule has 166 valence electrons. The number of hydrogen-bond acceptors (Lipinski definition) is 2. The minimum atomic E-state index is -0.527. The standard InChI is InChI=1S/C27H31N3O2/c1-18-11-13-20(3)23(15-18)28-25(31)17-30(5)26(22-9-7-6-8-10-22)27(32)29-24-16-19(2)12-14-21(24)4/h6-16,26H,17H2,1-5H3,(H,28,31)(H,29,32)/p+1/t26-/m1/s1. The maximum Gasteiger partial charge on any atom is 0.287 e. The zero-order valence-electron chi connectivity index (χ0n) is 19.5. The third-order valence-electron chi connectivity index (χ3n) is 5.65. The van der Waals surface area contributed by atoms with Gasteiger partial charge in [0.1, 0.15) is 0 Å². The van der Waals surface area contributed by atoms with Gasteiger partial charge in [-0.05, 0) is 62.1 Å². The molecule has 3 N–H and O–H groups in total. The SMILES string of the molecule is Cc1ccc(C)c(NC(=O)C[NH+](C)[C@@H](C(=O)Nc2cc(C)ccc2C)c2ccccc2)c1. The second-order valence-electron chi connectivity index (χ2n) is 8.54. The van der Waals surface area contributed by atoms with E-state index in [1.54, 1.807) is 0 Å². The summed E-state index contributed by atoms with van der Waals surface area (Å²) in [6, 6.07) is 21.0. The largest absolute Gasteiger partial charge is 0.321 e. The van der Waals surface area contributed by atoms with Crippen molar-refractivity contribution in [3.8, 4) is 0 Å². The van der Waals surface area contributed by atoms with Gasteiger partial charge in [-0.3, -0.25) is 9.59 Å². The molecule has 0 aliphatic rings. The van der Waals surface area contributed by atoms with Crippen LogP contribution in [0.25, 0.3) is 0 Å². The molecule has 0 aliphatic carbocycles. The molecule has 0 aromatic heterocycles. The zero-order chi connectivity index (χ0) is 23.3. The number of carbonyl (C=O) groups excluding carboxylic acids is 2. The fraction of sp³-hybridized carbons (Fsp3) is 0.259. The fourth-order valence-electron chi connectivity index (χ4n) is 3.80. The van der Waals surface area contributed by atoms with E-state index in [4.69, 9.17) is 0 Å². The lowest BCUT2D eigenvalue weighted by Crippen LogP contribution is -3.11. The Hall–Kier alpha value is -3.44. The first-order valence-electron chi connectivity index (χ1n) is 10.9. The van der Waals surface area contributed by atoms with Crippen molar-refractivity contribution in [2.75, 3.05) is 24.2 Å². The lowest BCUT2D eigenvalue weighted by molar-refractivity contribution is -0.893. The fourth-order valence-corrected chi connectivity index (χ4v) is 3.80. The Morgan fingerprint density at radius 2 is 1.31 bits per heavy atom. The van der Waals surface area contributed by atoms with Gasteiger partial charge in [-0.15, -0.1) is 0 Å². The van der Waals surface area contributed by atoms with E-state index in [2.05, 4.69) is 10.6 Å². The van der Waals surface area contributed by atoms with E-state index >= 15 is 0 Å². The molecule has 0 heterocycles. The second kappa shape index (κ2) is 10.2. The smallest absolute Gasteiger partial charge is 0.287 e. The number of likely N-dealkylation sites (N-methyl/N-ethyl adjacent to an activating group) is 1. The molecule has 3 aromatic rings. The van der Waals surface area contributed by atoms with Gasteiger partial charge in [-0.2, -0.15) is 0 Å². The third kappa shape index (κ3) is 5.83. The molecule has 0 aliphatic heterocycles. The number of carbonyl (C=O) groups is 2. The monoisotopic (exact) mass is 430 g/mol. The summed E-state index contributed by atoms with van der Waals surface area (Å²) in [7, 11) is 1.88. The van der Waals surface area contributed by atoms with E-state index in [1.165, 1.54) is 0 Å². The van der Waals surface area contributed by atoms with Crippen molar-refractivity contribution in [3.05, 3.63) is 94.5 Å². The van der Waals surface area contributed by atoms with Crippen LogP contribution in [0.4, 0.5) is 11.4 Å². The molecule has 1 unspecified atom stereocenters. The molecule has 3 rings (SSSR count). The number of aryl methyl sites for hydroxylation is 4. The summed E-state index contributed by atoms with van der Waals surface area (Å²) in [6.07, 6.45) is 0. The molecule has 32 heavy (non-hydrogen) atoms. The number of quaternary nitrogens is 1. The minimum Gasteiger partial charge on any atom is -0.321 e. The van der Waals surface area contributed by atoms with Crippen LogP contribution in [0.2, 0.25) is 0 Å². The van der Waals surface area contributed by atoms with Gasteiger partial charge in [0.2, 0.25) is 0 Å². The van der Waals surface area contributed by atoms with Gasteiger partial charge in [-0.1, -0.05) is 54.6 Å². The first-order chi connectivity index (χ1) is 15.2. The quantitative estimate of drug-likeness (QED) is 0.535. The van der Waals surface area contributed by atoms with Crippen molar-refractivity contribution in [3.63, 3.8) is 0 Å². The molecule has 0 radical (unpaired) electrons. The van der Waals surface area contributed by atoms with Gasteiger partial charge in [0.25, 0.3) is 11.8 Å². The summed E-state index contributed by atoms with van der Waals surface area (Å²) in [5.41, 5.74) is 6.64. The molecule has 0 saturated heterocycles. The Morgan fingerprint density at radius 1 is 0.781 bits per heavy atom. The highest BCUT2D eigenvalue weighted by Gasteiger charge is 2.31. The van der Waals surface area contributed by atoms with Crippen molar-refractivity contribution in [2.45, 2.75) is 33.7 Å². The van der Waals surface area contributed by atoms with Gasteiger partial charge in [0, 0.05) is 16.9 Å². The molecule has 0 bridgehead atoms. The summed E-state index contributed by atoms with van der Waals surface area (Å²) < 4.78 is 0. The van der Waals surface area contributed by atoms with E-state index < -0.39 is 6.04 Å². The number of anilines is 2. The lowest BCUT2D eigenvalue weighted by Gasteiger charge is -2.25. The molecule has 3 aromatic carbocycles. The number of nitrogens with one attached hydrogen (secondary N) is 3. The van der Waals surface area contributed by atoms with Crippen LogP contribution in [0.1, 0.15) is 33.9 Å². The van der Waals surface area contributed by atoms with Crippen molar-refractivity contribution >= 4 is 23.2 Å². The summed E-state index contributed by atoms with van der Waals surface area (Å²) in [6.45, 7) is 8.10. The van der Waals surface area contributed by atoms with Gasteiger partial charge in [0.05, 0.1) is 7.05 Å². The molecular weight excluding hydrogens is 398 g/mol. The van der Waals surface area contributed by atoms with Crippen molar-refractivity contribution < 1.29 is 14.5 Å². The molecule has 2 atom stereocenters. The van der Waals surface area contributed by atoms with E-state index in [0.717, 1.165) is 44.1 Å². The average Bonchev–Trinajstić information content (AvgIpc) is 2.74. The number of amides is 2. The van der Waals surface area contributed by atoms with Crippen LogP contribution in [-0.4, -0.2) is 25.4 Å². The summed E-state index contributed by atoms with van der Waals surface area (Å²) >= 11 is 0. The molecule has 2 amide bonds. The molecular formula is C27H32N3O2+. The van der Waals surface area contributed by atoms with Crippen LogP contribution >= 0.6 is 0 Å². The van der Waals surface area contributed by atoms with Crippen molar-refractivity contribution in [2.24, 2.45) is 0 Å². The van der Waals surface area contributed by atoms with Gasteiger partial charge in [-0.25, -0.2) is 0 Å². The average molecular weight is 431 g/mol. The van der Waals surface area contributed by atoms with Crippen LogP contribution in [0.3, 0.4) is 0 Å². The van der Waals surface area contributed by atoms with Crippen LogP contribution in [-0.2, 0) is 9.59 Å². The van der Waals surface area contributed by atoms with E-state index in [0.29, 0.717) is 0 Å². The van der Waals surface area contributed by atoms with Gasteiger partial charge in [0.15, 0.2) is 12.6 Å². The van der Waals surface area contributed by atoms with Crippen LogP contribution in [0.15, 0.2) is 66.7 Å². The van der Waals surface area contributed by atoms with E-state index in [-0.39, 0.29) is 18.4 Å². The van der Waals surface area contributed by atoms with Crippen LogP contribution in [0, 0.1) is 27.7 Å². The zero-order valence-corrected chi connectivity index (χ0v) is 19.5. The minimum absolute atomic E-state index is 0.128. The molecule has 0 fully saturated rings. The van der Waals surface area contributed by atoms with Crippen LogP contribution < -0.4 is 15.5 Å². The first-order valence-corrected chi connectivity index (χ1v) is 10.9. The lowest BCUT2D eigenvalue weighted by atomic mass is 10.0. The highest BCUT2D eigenvalue weighted by Crippen LogP contribution is 2.19. The van der Waals surface area contributed by atoms with Crippen LogP contribution in [0.5, 0.6) is 0 Å². The Morgan fingerprint density at radius 3 is 1.88 bits per heavy atom. The molecule has 0 saturated carbocycles.